The van der Waals surface area contributed by atoms with Crippen molar-refractivity contribution in [2.45, 2.75) is 6.42 Å². The van der Waals surface area contributed by atoms with Crippen LogP contribution in [-0.2, 0) is 0 Å². The third-order valence-corrected chi connectivity index (χ3v) is 2.04. The second-order valence-corrected chi connectivity index (χ2v) is 3.17. The Morgan fingerprint density at radius 3 is 2.86 bits per heavy atom. The molecular weight excluding hydrogens is 202 g/mol. The Labute approximate surface area is 88.8 Å². The maximum absolute atomic E-state index is 5.95. The van der Waals surface area contributed by atoms with Gasteiger partial charge in [-0.3, -0.25) is 0 Å². The molecule has 0 heterocycles. The Kier molecular flexibility index (Phi) is 4.56. The highest BCUT2D eigenvalue weighted by Crippen LogP contribution is 2.34. The van der Waals surface area contributed by atoms with E-state index in [9.17, 15) is 0 Å². The molecule has 0 aliphatic carbocycles. The number of halogens is 1. The van der Waals surface area contributed by atoms with Crippen molar-refractivity contribution in [1.29, 1.82) is 0 Å². The molecule has 0 unspecified atom stereocenters. The van der Waals surface area contributed by atoms with Gasteiger partial charge in [0.05, 0.1) is 18.7 Å². The fourth-order valence-electron chi connectivity index (χ4n) is 1.05. The van der Waals surface area contributed by atoms with Crippen LogP contribution < -0.4 is 15.2 Å². The molecular formula is C10H14ClNO2. The van der Waals surface area contributed by atoms with E-state index in [4.69, 9.17) is 26.8 Å². The zero-order chi connectivity index (χ0) is 10.4. The molecule has 4 heteroatoms. The SMILES string of the molecule is COc1cccc(Cl)c1OCCCN. The summed E-state index contributed by atoms with van der Waals surface area (Å²) < 4.78 is 10.6. The van der Waals surface area contributed by atoms with Crippen LogP contribution in [0.1, 0.15) is 6.42 Å². The van der Waals surface area contributed by atoms with Crippen molar-refractivity contribution in [3.05, 3.63) is 23.2 Å². The summed E-state index contributed by atoms with van der Waals surface area (Å²) in [6.07, 6.45) is 0.800. The second-order valence-electron chi connectivity index (χ2n) is 2.76. The lowest BCUT2D eigenvalue weighted by molar-refractivity contribution is 0.291. The van der Waals surface area contributed by atoms with E-state index in [1.54, 1.807) is 13.2 Å². The molecule has 78 valence electrons. The van der Waals surface area contributed by atoms with Crippen LogP contribution in [-0.4, -0.2) is 20.3 Å². The zero-order valence-corrected chi connectivity index (χ0v) is 8.88. The molecule has 0 aromatic heterocycles. The molecule has 1 rings (SSSR count). The number of hydrogen-bond donors (Lipinski definition) is 1. The average molecular weight is 216 g/mol. The molecule has 0 aliphatic heterocycles. The van der Waals surface area contributed by atoms with E-state index in [2.05, 4.69) is 0 Å². The first-order chi connectivity index (χ1) is 6.79. The summed E-state index contributed by atoms with van der Waals surface area (Å²) in [4.78, 5) is 0. The maximum Gasteiger partial charge on any atom is 0.179 e. The summed E-state index contributed by atoms with van der Waals surface area (Å²) in [5, 5.41) is 0.557. The molecule has 2 N–H and O–H groups in total. The van der Waals surface area contributed by atoms with Crippen molar-refractivity contribution in [1.82, 2.24) is 0 Å². The highest BCUT2D eigenvalue weighted by Gasteiger charge is 2.07. The van der Waals surface area contributed by atoms with Gasteiger partial charge in [0.15, 0.2) is 11.5 Å². The van der Waals surface area contributed by atoms with Crippen molar-refractivity contribution in [2.24, 2.45) is 5.73 Å². The summed E-state index contributed by atoms with van der Waals surface area (Å²) in [6.45, 7) is 1.16. The van der Waals surface area contributed by atoms with Gasteiger partial charge >= 0.3 is 0 Å². The van der Waals surface area contributed by atoms with Gasteiger partial charge in [0.2, 0.25) is 0 Å². The quantitative estimate of drug-likeness (QED) is 0.765. The van der Waals surface area contributed by atoms with Crippen LogP contribution in [0, 0.1) is 0 Å². The Balaban J connectivity index is 2.72. The topological polar surface area (TPSA) is 44.5 Å². The van der Waals surface area contributed by atoms with Gasteiger partial charge in [-0.05, 0) is 25.1 Å². The fourth-order valence-corrected chi connectivity index (χ4v) is 1.27. The van der Waals surface area contributed by atoms with E-state index in [0.29, 0.717) is 29.7 Å². The normalized spacial score (nSPS) is 9.93. The first-order valence-electron chi connectivity index (χ1n) is 4.45. The van der Waals surface area contributed by atoms with Crippen LogP contribution in [0.15, 0.2) is 18.2 Å². The molecule has 0 aliphatic rings. The van der Waals surface area contributed by atoms with Gasteiger partial charge in [-0.1, -0.05) is 17.7 Å². The predicted octanol–water partition coefficient (Wildman–Crippen LogP) is 2.08. The van der Waals surface area contributed by atoms with Gasteiger partial charge in [-0.2, -0.15) is 0 Å². The summed E-state index contributed by atoms with van der Waals surface area (Å²) >= 11 is 5.95. The summed E-state index contributed by atoms with van der Waals surface area (Å²) in [7, 11) is 1.58. The average Bonchev–Trinajstić information content (AvgIpc) is 2.20. The molecule has 1 aromatic rings. The zero-order valence-electron chi connectivity index (χ0n) is 8.13. The van der Waals surface area contributed by atoms with E-state index in [1.807, 2.05) is 12.1 Å². The molecule has 0 atom stereocenters. The van der Waals surface area contributed by atoms with Crippen molar-refractivity contribution in [3.63, 3.8) is 0 Å². The largest absolute Gasteiger partial charge is 0.493 e. The second kappa shape index (κ2) is 5.73. The number of methoxy groups -OCH3 is 1. The Morgan fingerprint density at radius 1 is 1.43 bits per heavy atom. The Morgan fingerprint density at radius 2 is 2.21 bits per heavy atom. The van der Waals surface area contributed by atoms with Gasteiger partial charge in [-0.15, -0.1) is 0 Å². The number of hydrogen-bond acceptors (Lipinski definition) is 3. The molecule has 1 aromatic carbocycles. The highest BCUT2D eigenvalue weighted by molar-refractivity contribution is 6.32. The standard InChI is InChI=1S/C10H14ClNO2/c1-13-9-5-2-4-8(11)10(9)14-7-3-6-12/h2,4-5H,3,6-7,12H2,1H3. The lowest BCUT2D eigenvalue weighted by Crippen LogP contribution is -2.06. The van der Waals surface area contributed by atoms with Gasteiger partial charge in [0.25, 0.3) is 0 Å². The minimum absolute atomic E-state index is 0.552. The minimum atomic E-state index is 0.552. The van der Waals surface area contributed by atoms with Crippen molar-refractivity contribution >= 4 is 11.6 Å². The number of rotatable bonds is 5. The predicted molar refractivity (Wildman–Crippen MR) is 57.2 cm³/mol. The number of para-hydroxylation sites is 1. The van der Waals surface area contributed by atoms with E-state index in [1.165, 1.54) is 0 Å². The number of ether oxygens (including phenoxy) is 2. The third kappa shape index (κ3) is 2.79. The van der Waals surface area contributed by atoms with Crippen LogP contribution in [0.3, 0.4) is 0 Å². The molecule has 0 bridgehead atoms. The maximum atomic E-state index is 5.95. The van der Waals surface area contributed by atoms with Crippen LogP contribution in [0.2, 0.25) is 5.02 Å². The van der Waals surface area contributed by atoms with Crippen molar-refractivity contribution in [3.8, 4) is 11.5 Å². The highest BCUT2D eigenvalue weighted by atomic mass is 35.5. The molecule has 0 radical (unpaired) electrons. The van der Waals surface area contributed by atoms with Crippen LogP contribution >= 0.6 is 11.6 Å². The van der Waals surface area contributed by atoms with Gasteiger partial charge in [-0.25, -0.2) is 0 Å². The summed E-state index contributed by atoms with van der Waals surface area (Å²) in [5.41, 5.74) is 5.36. The van der Waals surface area contributed by atoms with E-state index in [0.717, 1.165) is 6.42 Å². The van der Waals surface area contributed by atoms with Crippen molar-refractivity contribution in [2.75, 3.05) is 20.3 Å². The van der Waals surface area contributed by atoms with E-state index >= 15 is 0 Å². The van der Waals surface area contributed by atoms with Crippen LogP contribution in [0.4, 0.5) is 0 Å². The molecule has 14 heavy (non-hydrogen) atoms. The van der Waals surface area contributed by atoms with Gasteiger partial charge < -0.3 is 15.2 Å². The first kappa shape index (κ1) is 11.1. The van der Waals surface area contributed by atoms with E-state index < -0.39 is 0 Å². The lowest BCUT2D eigenvalue weighted by Gasteiger charge is -2.11. The fraction of sp³-hybridized carbons (Fsp3) is 0.400. The summed E-state index contributed by atoms with van der Waals surface area (Å²) in [5.74, 6) is 1.24. The number of benzene rings is 1. The monoisotopic (exact) mass is 215 g/mol. The van der Waals surface area contributed by atoms with Crippen molar-refractivity contribution < 1.29 is 9.47 Å². The smallest absolute Gasteiger partial charge is 0.179 e. The summed E-state index contributed by atoms with van der Waals surface area (Å²) in [6, 6.07) is 5.39. The molecule has 0 fully saturated rings. The molecule has 0 saturated carbocycles. The van der Waals surface area contributed by atoms with Crippen LogP contribution in [0.25, 0.3) is 0 Å². The first-order valence-corrected chi connectivity index (χ1v) is 4.82. The van der Waals surface area contributed by atoms with E-state index in [-0.39, 0.29) is 0 Å². The van der Waals surface area contributed by atoms with Gasteiger partial charge in [0.1, 0.15) is 0 Å². The number of nitrogens with two attached hydrogens (primary N) is 1. The Bertz CT molecular complexity index is 291. The molecule has 0 amide bonds. The third-order valence-electron chi connectivity index (χ3n) is 1.75. The van der Waals surface area contributed by atoms with Gasteiger partial charge in [0, 0.05) is 0 Å². The lowest BCUT2D eigenvalue weighted by atomic mass is 10.3. The molecule has 0 spiro atoms. The Hall–Kier alpha value is -0.930. The molecule has 3 nitrogen and oxygen atoms in total. The van der Waals surface area contributed by atoms with Crippen LogP contribution in [0.5, 0.6) is 11.5 Å². The molecule has 0 saturated heterocycles. The minimum Gasteiger partial charge on any atom is -0.493 e.